The summed E-state index contributed by atoms with van der Waals surface area (Å²) in [5.41, 5.74) is 6.63. The molecule has 2 aromatic carbocycles. The van der Waals surface area contributed by atoms with E-state index >= 15 is 0 Å². The number of hydrogen-bond acceptors (Lipinski definition) is 4. The molecule has 0 amide bonds. The number of ether oxygens (including phenoxy) is 2. The fourth-order valence-electron chi connectivity index (χ4n) is 2.08. The molecule has 0 unspecified atom stereocenters. The van der Waals surface area contributed by atoms with Crippen LogP contribution in [0, 0.1) is 5.82 Å². The van der Waals surface area contributed by atoms with Gasteiger partial charge in [-0.15, -0.1) is 11.8 Å². The van der Waals surface area contributed by atoms with Crippen LogP contribution in [0.25, 0.3) is 0 Å². The maximum atomic E-state index is 13.7. The van der Waals surface area contributed by atoms with Gasteiger partial charge in [-0.2, -0.15) is 0 Å². The number of nitrogens with two attached hydrogens (primary N) is 1. The lowest BCUT2D eigenvalue weighted by Crippen LogP contribution is -1.97. The predicted octanol–water partition coefficient (Wildman–Crippen LogP) is 3.86. The molecule has 1 aliphatic heterocycles. The highest BCUT2D eigenvalue weighted by molar-refractivity contribution is 7.98. The van der Waals surface area contributed by atoms with Crippen molar-refractivity contribution >= 4 is 17.4 Å². The van der Waals surface area contributed by atoms with E-state index in [1.54, 1.807) is 23.9 Å². The molecule has 21 heavy (non-hydrogen) atoms. The molecule has 0 fully saturated rings. The number of nitrogen functional groups attached to an aromatic ring is 1. The normalized spacial score (nSPS) is 13.8. The average Bonchev–Trinajstić information content (AvgIpc) is 2.71. The van der Waals surface area contributed by atoms with Gasteiger partial charge < -0.3 is 15.2 Å². The van der Waals surface area contributed by atoms with E-state index in [0.717, 1.165) is 22.8 Å². The zero-order valence-electron chi connectivity index (χ0n) is 11.5. The zero-order valence-corrected chi connectivity index (χ0v) is 12.3. The Kier molecular flexibility index (Phi) is 4.20. The minimum absolute atomic E-state index is 0.267. The largest absolute Gasteiger partial charge is 0.490 e. The van der Waals surface area contributed by atoms with Crippen molar-refractivity contribution in [2.75, 3.05) is 18.9 Å². The summed E-state index contributed by atoms with van der Waals surface area (Å²) in [4.78, 5) is 1.02. The van der Waals surface area contributed by atoms with Crippen molar-refractivity contribution < 1.29 is 13.9 Å². The summed E-state index contributed by atoms with van der Waals surface area (Å²) >= 11 is 1.56. The van der Waals surface area contributed by atoms with Crippen molar-refractivity contribution in [1.82, 2.24) is 0 Å². The van der Waals surface area contributed by atoms with E-state index in [9.17, 15) is 4.39 Å². The lowest BCUT2D eigenvalue weighted by atomic mass is 10.2. The Bertz CT molecular complexity index is 648. The first-order chi connectivity index (χ1) is 10.2. The molecule has 0 saturated heterocycles. The molecule has 0 aliphatic carbocycles. The first-order valence-electron chi connectivity index (χ1n) is 6.79. The molecule has 2 aromatic rings. The number of anilines is 1. The van der Waals surface area contributed by atoms with E-state index in [4.69, 9.17) is 15.2 Å². The van der Waals surface area contributed by atoms with Crippen LogP contribution >= 0.6 is 11.8 Å². The molecule has 1 aliphatic rings. The molecule has 110 valence electrons. The molecule has 3 rings (SSSR count). The third-order valence-corrected chi connectivity index (χ3v) is 4.23. The molecule has 0 spiro atoms. The Hall–Kier alpha value is -1.88. The number of thioether (sulfide) groups is 1. The van der Waals surface area contributed by atoms with Crippen LogP contribution < -0.4 is 15.2 Å². The van der Waals surface area contributed by atoms with E-state index in [-0.39, 0.29) is 5.82 Å². The smallest absolute Gasteiger partial charge is 0.162 e. The Morgan fingerprint density at radius 1 is 1.05 bits per heavy atom. The molecule has 1 heterocycles. The van der Waals surface area contributed by atoms with Crippen LogP contribution in [0.4, 0.5) is 10.1 Å². The lowest BCUT2D eigenvalue weighted by Gasteiger charge is -2.09. The molecule has 2 N–H and O–H groups in total. The summed E-state index contributed by atoms with van der Waals surface area (Å²) in [6.07, 6.45) is 0.883. The first-order valence-corrected chi connectivity index (χ1v) is 7.77. The van der Waals surface area contributed by atoms with Gasteiger partial charge in [0.05, 0.1) is 13.2 Å². The fraction of sp³-hybridized carbons (Fsp3) is 0.250. The Morgan fingerprint density at radius 2 is 1.86 bits per heavy atom. The van der Waals surface area contributed by atoms with Gasteiger partial charge in [-0.1, -0.05) is 6.07 Å². The minimum atomic E-state index is -0.267. The van der Waals surface area contributed by atoms with Crippen LogP contribution in [-0.4, -0.2) is 13.2 Å². The fourth-order valence-corrected chi connectivity index (χ4v) is 2.99. The lowest BCUT2D eigenvalue weighted by molar-refractivity contribution is 0.297. The van der Waals surface area contributed by atoms with Crippen LogP contribution in [0.2, 0.25) is 0 Å². The number of benzene rings is 2. The Balaban J connectivity index is 1.72. The number of halogens is 1. The minimum Gasteiger partial charge on any atom is -0.490 e. The van der Waals surface area contributed by atoms with Gasteiger partial charge in [0.1, 0.15) is 5.82 Å². The van der Waals surface area contributed by atoms with Gasteiger partial charge in [-0.05, 0) is 35.9 Å². The van der Waals surface area contributed by atoms with E-state index in [1.807, 2.05) is 18.2 Å². The van der Waals surface area contributed by atoms with Crippen LogP contribution in [0.1, 0.15) is 12.0 Å². The summed E-state index contributed by atoms with van der Waals surface area (Å²) in [6.45, 7) is 1.34. The molecule has 3 nitrogen and oxygen atoms in total. The van der Waals surface area contributed by atoms with Crippen molar-refractivity contribution in [3.63, 3.8) is 0 Å². The maximum absolute atomic E-state index is 13.7. The zero-order chi connectivity index (χ0) is 14.7. The van der Waals surface area contributed by atoms with E-state index in [1.165, 1.54) is 6.07 Å². The highest BCUT2D eigenvalue weighted by Gasteiger charge is 2.11. The van der Waals surface area contributed by atoms with Crippen LogP contribution in [0.15, 0.2) is 41.3 Å². The number of fused-ring (bicyclic) bond motifs is 1. The SMILES string of the molecule is Nc1ccc(CSc2ccc3c(c2)OCCCO3)c(F)c1. The second-order valence-corrected chi connectivity index (χ2v) is 5.85. The van der Waals surface area contributed by atoms with Gasteiger partial charge in [0.2, 0.25) is 0 Å². The van der Waals surface area contributed by atoms with Gasteiger partial charge >= 0.3 is 0 Å². The van der Waals surface area contributed by atoms with Crippen LogP contribution in [-0.2, 0) is 5.75 Å². The quantitative estimate of drug-likeness (QED) is 0.691. The third-order valence-electron chi connectivity index (χ3n) is 3.19. The highest BCUT2D eigenvalue weighted by Crippen LogP contribution is 2.35. The number of hydrogen-bond donors (Lipinski definition) is 1. The highest BCUT2D eigenvalue weighted by atomic mass is 32.2. The molecule has 0 radical (unpaired) electrons. The van der Waals surface area contributed by atoms with Gasteiger partial charge in [0.15, 0.2) is 11.5 Å². The second kappa shape index (κ2) is 6.26. The van der Waals surface area contributed by atoms with Crippen LogP contribution in [0.3, 0.4) is 0 Å². The summed E-state index contributed by atoms with van der Waals surface area (Å²) in [5, 5.41) is 0. The monoisotopic (exact) mass is 305 g/mol. The molecule has 0 saturated carbocycles. The maximum Gasteiger partial charge on any atom is 0.162 e. The summed E-state index contributed by atoms with van der Waals surface area (Å²) in [6, 6.07) is 10.6. The van der Waals surface area contributed by atoms with Gasteiger partial charge in [0.25, 0.3) is 0 Å². The topological polar surface area (TPSA) is 44.5 Å². The average molecular weight is 305 g/mol. The van der Waals surface area contributed by atoms with Crippen molar-refractivity contribution in [1.29, 1.82) is 0 Å². The van der Waals surface area contributed by atoms with Crippen molar-refractivity contribution in [3.05, 3.63) is 47.8 Å². The molecule has 0 bridgehead atoms. The third kappa shape index (κ3) is 3.42. The van der Waals surface area contributed by atoms with Crippen LogP contribution in [0.5, 0.6) is 11.5 Å². The summed E-state index contributed by atoms with van der Waals surface area (Å²) in [7, 11) is 0. The molecular weight excluding hydrogens is 289 g/mol. The standard InChI is InChI=1S/C16H16FNO2S/c17-14-8-12(18)3-2-11(14)10-21-13-4-5-15-16(9-13)20-7-1-6-19-15/h2-5,8-9H,1,6-7,10,18H2. The van der Waals surface area contributed by atoms with Gasteiger partial charge in [-0.25, -0.2) is 4.39 Å². The van der Waals surface area contributed by atoms with Crippen molar-refractivity contribution in [2.24, 2.45) is 0 Å². The molecule has 5 heteroatoms. The van der Waals surface area contributed by atoms with E-state index in [0.29, 0.717) is 30.2 Å². The molecular formula is C16H16FNO2S. The molecule has 0 atom stereocenters. The summed E-state index contributed by atoms with van der Waals surface area (Å²) < 4.78 is 25.0. The summed E-state index contributed by atoms with van der Waals surface area (Å²) in [5.74, 6) is 1.81. The Morgan fingerprint density at radius 3 is 2.67 bits per heavy atom. The number of rotatable bonds is 3. The van der Waals surface area contributed by atoms with Crippen molar-refractivity contribution in [3.8, 4) is 11.5 Å². The van der Waals surface area contributed by atoms with Gasteiger partial charge in [0, 0.05) is 22.8 Å². The van der Waals surface area contributed by atoms with Gasteiger partial charge in [-0.3, -0.25) is 0 Å². The van der Waals surface area contributed by atoms with E-state index < -0.39 is 0 Å². The first kappa shape index (κ1) is 14.1. The van der Waals surface area contributed by atoms with Crippen molar-refractivity contribution in [2.45, 2.75) is 17.1 Å². The Labute approximate surface area is 127 Å². The molecule has 0 aromatic heterocycles. The van der Waals surface area contributed by atoms with E-state index in [2.05, 4.69) is 0 Å². The second-order valence-electron chi connectivity index (χ2n) is 4.80. The predicted molar refractivity (Wildman–Crippen MR) is 82.4 cm³/mol.